The van der Waals surface area contributed by atoms with E-state index < -0.39 is 0 Å². The normalized spacial score (nSPS) is 19.2. The van der Waals surface area contributed by atoms with Crippen LogP contribution in [0.1, 0.15) is 27.9 Å². The number of imidazole rings is 1. The minimum absolute atomic E-state index is 0.265. The van der Waals surface area contributed by atoms with Gasteiger partial charge in [-0.15, -0.1) is 11.3 Å². The smallest absolute Gasteiger partial charge is 0.0926 e. The van der Waals surface area contributed by atoms with E-state index in [2.05, 4.69) is 45.7 Å². The Hall–Kier alpha value is -1.17. The highest BCUT2D eigenvalue weighted by molar-refractivity contribution is 7.10. The summed E-state index contributed by atoms with van der Waals surface area (Å²) >= 11 is 1.82. The zero-order chi connectivity index (χ0) is 12.5. The number of nitrogens with zero attached hydrogens (tertiary/aromatic N) is 2. The molecule has 3 rings (SSSR count). The lowest BCUT2D eigenvalue weighted by Gasteiger charge is -2.21. The molecule has 2 aromatic rings. The van der Waals surface area contributed by atoms with Gasteiger partial charge in [-0.3, -0.25) is 0 Å². The summed E-state index contributed by atoms with van der Waals surface area (Å²) in [5, 5.41) is 5.81. The van der Waals surface area contributed by atoms with Gasteiger partial charge in [0.2, 0.25) is 0 Å². The number of nitrogens with one attached hydrogen (secondary N) is 2. The third-order valence-electron chi connectivity index (χ3n) is 3.21. The molecule has 0 spiro atoms. The van der Waals surface area contributed by atoms with Crippen molar-refractivity contribution in [2.24, 2.45) is 0 Å². The zero-order valence-corrected chi connectivity index (χ0v) is 11.5. The van der Waals surface area contributed by atoms with E-state index in [4.69, 9.17) is 0 Å². The lowest BCUT2D eigenvalue weighted by molar-refractivity contribution is 0.403. The predicted molar refractivity (Wildman–Crippen MR) is 73.8 cm³/mol. The first kappa shape index (κ1) is 11.9. The molecule has 0 aromatic carbocycles. The molecule has 0 radical (unpaired) electrons. The average molecular weight is 262 g/mol. The molecule has 18 heavy (non-hydrogen) atoms. The van der Waals surface area contributed by atoms with Crippen LogP contribution in [0.2, 0.25) is 0 Å². The quantitative estimate of drug-likeness (QED) is 0.886. The zero-order valence-electron chi connectivity index (χ0n) is 10.7. The molecule has 2 N–H and O–H groups in total. The van der Waals surface area contributed by atoms with Gasteiger partial charge >= 0.3 is 0 Å². The Morgan fingerprint density at radius 3 is 3.22 bits per heavy atom. The second kappa shape index (κ2) is 4.84. The number of rotatable bonds is 3. The minimum Gasteiger partial charge on any atom is -0.348 e. The third-order valence-corrected chi connectivity index (χ3v) is 4.25. The minimum atomic E-state index is 0.265. The van der Waals surface area contributed by atoms with Crippen molar-refractivity contribution in [2.45, 2.75) is 19.0 Å². The summed E-state index contributed by atoms with van der Waals surface area (Å²) in [5.41, 5.74) is 3.82. The summed E-state index contributed by atoms with van der Waals surface area (Å²) in [6.07, 6.45) is 2.85. The molecule has 4 nitrogen and oxygen atoms in total. The van der Waals surface area contributed by atoms with Crippen LogP contribution in [0.5, 0.6) is 0 Å². The maximum atomic E-state index is 4.46. The molecular formula is C13H18N4S. The lowest BCUT2D eigenvalue weighted by Crippen LogP contribution is -2.30. The van der Waals surface area contributed by atoms with E-state index >= 15 is 0 Å². The predicted octanol–water partition coefficient (Wildman–Crippen LogP) is 1.77. The fourth-order valence-electron chi connectivity index (χ4n) is 2.45. The molecule has 0 amide bonds. The van der Waals surface area contributed by atoms with E-state index in [1.807, 2.05) is 11.3 Å². The Kier molecular flexibility index (Phi) is 3.20. The highest BCUT2D eigenvalue weighted by atomic mass is 32.1. The first-order valence-electron chi connectivity index (χ1n) is 6.21. The molecule has 0 saturated heterocycles. The Labute approximate surface area is 111 Å². The Bertz CT molecular complexity index is 529. The molecule has 0 saturated carbocycles. The second-order valence-corrected chi connectivity index (χ2v) is 5.94. The van der Waals surface area contributed by atoms with Gasteiger partial charge in [-0.05, 0) is 31.1 Å². The van der Waals surface area contributed by atoms with Gasteiger partial charge in [0.25, 0.3) is 0 Å². The molecule has 0 bridgehead atoms. The molecule has 0 fully saturated rings. The van der Waals surface area contributed by atoms with Crippen molar-refractivity contribution < 1.29 is 0 Å². The van der Waals surface area contributed by atoms with Crippen molar-refractivity contribution in [3.05, 3.63) is 39.6 Å². The molecule has 1 aliphatic heterocycles. The van der Waals surface area contributed by atoms with Gasteiger partial charge in [0, 0.05) is 30.1 Å². The summed E-state index contributed by atoms with van der Waals surface area (Å²) in [5.74, 6) is 0. The van der Waals surface area contributed by atoms with E-state index in [0.717, 1.165) is 19.5 Å². The van der Waals surface area contributed by atoms with Crippen LogP contribution in [-0.4, -0.2) is 35.5 Å². The molecule has 0 unspecified atom stereocenters. The van der Waals surface area contributed by atoms with Crippen LogP contribution in [0.25, 0.3) is 0 Å². The number of hydrogen-bond acceptors (Lipinski definition) is 4. The van der Waals surface area contributed by atoms with E-state index in [1.54, 1.807) is 6.33 Å². The average Bonchev–Trinajstić information content (AvgIpc) is 2.95. The first-order valence-corrected chi connectivity index (χ1v) is 7.09. The number of aromatic nitrogens is 2. The van der Waals surface area contributed by atoms with Crippen molar-refractivity contribution in [3.8, 4) is 0 Å². The Morgan fingerprint density at radius 2 is 2.39 bits per heavy atom. The number of aromatic amines is 1. The van der Waals surface area contributed by atoms with Crippen LogP contribution < -0.4 is 5.32 Å². The summed E-state index contributed by atoms with van der Waals surface area (Å²) in [6, 6.07) is 2.56. The fourth-order valence-corrected chi connectivity index (χ4v) is 3.43. The first-order chi connectivity index (χ1) is 8.74. The summed E-state index contributed by atoms with van der Waals surface area (Å²) in [6.45, 7) is 2.01. The third kappa shape index (κ3) is 2.21. The molecule has 0 aliphatic carbocycles. The Balaban J connectivity index is 1.86. The van der Waals surface area contributed by atoms with Crippen LogP contribution in [0, 0.1) is 0 Å². The van der Waals surface area contributed by atoms with E-state index in [-0.39, 0.29) is 6.04 Å². The van der Waals surface area contributed by atoms with Gasteiger partial charge < -0.3 is 15.2 Å². The van der Waals surface area contributed by atoms with Gasteiger partial charge in [0.05, 0.1) is 18.1 Å². The molecule has 1 aliphatic rings. The molecular weight excluding hydrogens is 244 g/mol. The number of fused-ring (bicyclic) bond motifs is 1. The van der Waals surface area contributed by atoms with Crippen molar-refractivity contribution in [1.29, 1.82) is 0 Å². The number of H-pyrrole nitrogens is 1. The van der Waals surface area contributed by atoms with Crippen LogP contribution in [0.15, 0.2) is 17.8 Å². The second-order valence-electron chi connectivity index (χ2n) is 5.00. The van der Waals surface area contributed by atoms with Crippen molar-refractivity contribution in [1.82, 2.24) is 20.2 Å². The van der Waals surface area contributed by atoms with Crippen LogP contribution in [0.4, 0.5) is 0 Å². The molecule has 1 atom stereocenters. The van der Waals surface area contributed by atoms with E-state index in [0.29, 0.717) is 0 Å². The fraction of sp³-hybridized carbons (Fsp3) is 0.462. The van der Waals surface area contributed by atoms with Crippen molar-refractivity contribution >= 4 is 11.3 Å². The standard InChI is InChI=1S/C13H18N4S/c1-17(2)6-9-5-11(18-7-9)13-12-10(3-4-14-13)15-8-16-12/h5,7-8,13-14H,3-4,6H2,1-2H3,(H,15,16)/t13-/m0/s1. The molecule has 5 heteroatoms. The number of hydrogen-bond donors (Lipinski definition) is 2. The van der Waals surface area contributed by atoms with Crippen molar-refractivity contribution in [2.75, 3.05) is 20.6 Å². The highest BCUT2D eigenvalue weighted by Crippen LogP contribution is 2.30. The summed E-state index contributed by atoms with van der Waals surface area (Å²) in [7, 11) is 4.20. The highest BCUT2D eigenvalue weighted by Gasteiger charge is 2.24. The van der Waals surface area contributed by atoms with Gasteiger partial charge in [-0.25, -0.2) is 4.98 Å². The monoisotopic (exact) mass is 262 g/mol. The van der Waals surface area contributed by atoms with Crippen molar-refractivity contribution in [3.63, 3.8) is 0 Å². The summed E-state index contributed by atoms with van der Waals surface area (Å²) < 4.78 is 0. The maximum absolute atomic E-state index is 4.46. The summed E-state index contributed by atoms with van der Waals surface area (Å²) in [4.78, 5) is 11.3. The molecule has 3 heterocycles. The van der Waals surface area contributed by atoms with Crippen LogP contribution in [-0.2, 0) is 13.0 Å². The SMILES string of the molecule is CN(C)Cc1csc([C@@H]2NCCc3[nH]cnc32)c1. The van der Waals surface area contributed by atoms with E-state index in [9.17, 15) is 0 Å². The van der Waals surface area contributed by atoms with Gasteiger partial charge in [-0.2, -0.15) is 0 Å². The maximum Gasteiger partial charge on any atom is 0.0926 e. The topological polar surface area (TPSA) is 44.0 Å². The molecule has 2 aromatic heterocycles. The number of thiophene rings is 1. The van der Waals surface area contributed by atoms with Crippen LogP contribution >= 0.6 is 11.3 Å². The van der Waals surface area contributed by atoms with Gasteiger partial charge in [-0.1, -0.05) is 0 Å². The van der Waals surface area contributed by atoms with E-state index in [1.165, 1.54) is 21.8 Å². The lowest BCUT2D eigenvalue weighted by atomic mass is 10.0. The van der Waals surface area contributed by atoms with Crippen LogP contribution in [0.3, 0.4) is 0 Å². The largest absolute Gasteiger partial charge is 0.348 e. The van der Waals surface area contributed by atoms with Gasteiger partial charge in [0.1, 0.15) is 0 Å². The molecule has 96 valence electrons. The van der Waals surface area contributed by atoms with Gasteiger partial charge in [0.15, 0.2) is 0 Å². The Morgan fingerprint density at radius 1 is 1.50 bits per heavy atom.